The molecule has 5 N–H and O–H groups in total. The van der Waals surface area contributed by atoms with Crippen LogP contribution in [0, 0.1) is 17.8 Å². The number of carbonyl (C=O) groups is 5. The van der Waals surface area contributed by atoms with Gasteiger partial charge >= 0.3 is 18.1 Å². The van der Waals surface area contributed by atoms with Crippen molar-refractivity contribution >= 4 is 35.6 Å². The summed E-state index contributed by atoms with van der Waals surface area (Å²) in [5.41, 5.74) is 5.76. The van der Waals surface area contributed by atoms with Gasteiger partial charge in [-0.3, -0.25) is 19.3 Å². The number of urea groups is 1. The van der Waals surface area contributed by atoms with Crippen LogP contribution in [0.1, 0.15) is 46.0 Å². The van der Waals surface area contributed by atoms with Gasteiger partial charge in [0.25, 0.3) is 0 Å². The third kappa shape index (κ3) is 6.91. The van der Waals surface area contributed by atoms with E-state index in [2.05, 4.69) is 29.1 Å². The van der Waals surface area contributed by atoms with Gasteiger partial charge in [-0.2, -0.15) is 0 Å². The monoisotopic (exact) mass is 783 g/mol. The van der Waals surface area contributed by atoms with Crippen molar-refractivity contribution in [1.29, 1.82) is 0 Å². The molecule has 6 atom stereocenters. The van der Waals surface area contributed by atoms with E-state index < -0.39 is 65.5 Å². The standard InChI is InChI=1S/C44H41N5O9/c1-3-22-46-39(51)34-36-40(52)58-37(29-14-8-5-9-15-29)35(28-12-6-4-7-13-28)49(36)38(30-17-19-31(50)20-18-30)44(34)32-26-27(11-10-23-47-42(45)54)16-21-33(32)48(41(44)53)43(55)57-25-24-56-2/h3-9,12-21,26,34-38,50H,1,22-25H2,2H3,(H,46,51)(H3,45,47,54)/t34-,35-,36-,37+,38+,44-/m1/s1. The number of nitrogens with two attached hydrogens (primary N) is 1. The van der Waals surface area contributed by atoms with Crippen LogP contribution in [0.5, 0.6) is 5.75 Å². The van der Waals surface area contributed by atoms with E-state index in [1.807, 2.05) is 65.6 Å². The Hall–Kier alpha value is -6.95. The Bertz CT molecular complexity index is 2290. The molecule has 14 nitrogen and oxygen atoms in total. The second-order valence-electron chi connectivity index (χ2n) is 13.9. The SMILES string of the molecule is C=CCNC(=O)[C@H]1[C@@H]2C(=O)O[C@@H](c3ccccc3)[C@@H](c3ccccc3)N2[C@@H](c2ccc(O)cc2)[C@]12C(=O)N(C(=O)OCCOC)c1ccc(C#CCNC(N)=O)cc12. The fraction of sp³-hybridized carbons (Fsp3) is 0.250. The summed E-state index contributed by atoms with van der Waals surface area (Å²) >= 11 is 0. The van der Waals surface area contributed by atoms with E-state index in [-0.39, 0.29) is 43.3 Å². The molecule has 58 heavy (non-hydrogen) atoms. The van der Waals surface area contributed by atoms with Gasteiger partial charge < -0.3 is 35.7 Å². The van der Waals surface area contributed by atoms with Crippen molar-refractivity contribution in [2.24, 2.45) is 11.7 Å². The smallest absolute Gasteiger partial charge is 0.421 e. The molecule has 4 aromatic rings. The summed E-state index contributed by atoms with van der Waals surface area (Å²) in [6.45, 7) is 3.53. The number of nitrogens with one attached hydrogen (secondary N) is 2. The number of ether oxygens (including phenoxy) is 3. The molecule has 5 amide bonds. The first-order valence-corrected chi connectivity index (χ1v) is 18.6. The molecule has 0 radical (unpaired) electrons. The number of primary amides is 1. The van der Waals surface area contributed by atoms with Crippen molar-refractivity contribution in [3.05, 3.63) is 144 Å². The van der Waals surface area contributed by atoms with E-state index in [1.54, 1.807) is 24.3 Å². The number of phenolic OH excluding ortho intramolecular Hbond substituents is 1. The van der Waals surface area contributed by atoms with Gasteiger partial charge in [0.2, 0.25) is 11.8 Å². The number of carbonyl (C=O) groups excluding carboxylic acids is 5. The number of hydrogen-bond donors (Lipinski definition) is 4. The number of hydrogen-bond acceptors (Lipinski definition) is 10. The van der Waals surface area contributed by atoms with Gasteiger partial charge in [0.05, 0.1) is 36.8 Å². The van der Waals surface area contributed by atoms with E-state index in [0.29, 0.717) is 16.7 Å². The predicted molar refractivity (Wildman–Crippen MR) is 211 cm³/mol. The number of anilines is 1. The minimum Gasteiger partial charge on any atom is -0.508 e. The maximum absolute atomic E-state index is 15.9. The molecule has 3 heterocycles. The molecule has 0 bridgehead atoms. The molecule has 3 aliphatic rings. The lowest BCUT2D eigenvalue weighted by atomic mass is 9.65. The Kier molecular flexibility index (Phi) is 11.3. The number of amides is 5. The van der Waals surface area contributed by atoms with Crippen molar-refractivity contribution in [2.45, 2.75) is 29.6 Å². The molecule has 0 aromatic heterocycles. The maximum atomic E-state index is 15.9. The lowest BCUT2D eigenvalue weighted by Crippen LogP contribution is -2.55. The third-order valence-electron chi connectivity index (χ3n) is 10.7. The molecule has 296 valence electrons. The summed E-state index contributed by atoms with van der Waals surface area (Å²) in [7, 11) is 1.44. The first kappa shape index (κ1) is 39.3. The van der Waals surface area contributed by atoms with Gasteiger partial charge in [0, 0.05) is 19.2 Å². The van der Waals surface area contributed by atoms with E-state index in [4.69, 9.17) is 19.9 Å². The van der Waals surface area contributed by atoms with Crippen molar-refractivity contribution in [1.82, 2.24) is 15.5 Å². The van der Waals surface area contributed by atoms with Crippen LogP contribution in [0.25, 0.3) is 0 Å². The van der Waals surface area contributed by atoms with Gasteiger partial charge in [0.1, 0.15) is 29.9 Å². The van der Waals surface area contributed by atoms with E-state index in [1.165, 1.54) is 31.4 Å². The van der Waals surface area contributed by atoms with Crippen LogP contribution >= 0.6 is 0 Å². The predicted octanol–water partition coefficient (Wildman–Crippen LogP) is 4.16. The average molecular weight is 784 g/mol. The Morgan fingerprint density at radius 3 is 2.26 bits per heavy atom. The second kappa shape index (κ2) is 16.6. The van der Waals surface area contributed by atoms with Crippen LogP contribution in [0.4, 0.5) is 15.3 Å². The summed E-state index contributed by atoms with van der Waals surface area (Å²) in [5, 5.41) is 15.8. The largest absolute Gasteiger partial charge is 0.508 e. The van der Waals surface area contributed by atoms with Crippen LogP contribution in [-0.2, 0) is 34.0 Å². The maximum Gasteiger partial charge on any atom is 0.421 e. The highest BCUT2D eigenvalue weighted by Crippen LogP contribution is 2.66. The first-order chi connectivity index (χ1) is 28.1. The molecular weight excluding hydrogens is 743 g/mol. The molecule has 3 aliphatic heterocycles. The molecule has 1 spiro atoms. The summed E-state index contributed by atoms with van der Waals surface area (Å²) < 4.78 is 17.1. The molecule has 0 aliphatic carbocycles. The normalized spacial score (nSPS) is 23.2. The number of methoxy groups -OCH3 is 1. The molecular formula is C44H41N5O9. The van der Waals surface area contributed by atoms with E-state index in [0.717, 1.165) is 10.5 Å². The zero-order valence-electron chi connectivity index (χ0n) is 31.5. The lowest BCUT2D eigenvalue weighted by Gasteiger charge is -2.46. The zero-order valence-corrected chi connectivity index (χ0v) is 31.5. The van der Waals surface area contributed by atoms with Crippen LogP contribution in [0.3, 0.4) is 0 Å². The van der Waals surface area contributed by atoms with Gasteiger partial charge in [-0.15, -0.1) is 6.58 Å². The Morgan fingerprint density at radius 2 is 1.60 bits per heavy atom. The number of phenols is 1. The van der Waals surface area contributed by atoms with Crippen LogP contribution < -0.4 is 21.3 Å². The van der Waals surface area contributed by atoms with Crippen molar-refractivity contribution < 1.29 is 43.3 Å². The number of rotatable bonds is 10. The fourth-order valence-corrected chi connectivity index (χ4v) is 8.46. The topological polar surface area (TPSA) is 190 Å². The van der Waals surface area contributed by atoms with Crippen LogP contribution in [0.15, 0.2) is 116 Å². The highest BCUT2D eigenvalue weighted by Gasteiger charge is 2.75. The van der Waals surface area contributed by atoms with E-state index >= 15 is 4.79 Å². The number of morpholine rings is 1. The summed E-state index contributed by atoms with van der Waals surface area (Å²) in [5.74, 6) is 1.97. The van der Waals surface area contributed by atoms with E-state index in [9.17, 15) is 24.3 Å². The van der Waals surface area contributed by atoms with Crippen molar-refractivity contribution in [3.63, 3.8) is 0 Å². The molecule has 14 heteroatoms. The average Bonchev–Trinajstić information content (AvgIpc) is 3.68. The number of imide groups is 1. The minimum absolute atomic E-state index is 0.00594. The lowest BCUT2D eigenvalue weighted by molar-refractivity contribution is -0.178. The number of benzene rings is 4. The van der Waals surface area contributed by atoms with Crippen LogP contribution in [-0.4, -0.2) is 79.4 Å². The molecule has 4 aromatic carbocycles. The van der Waals surface area contributed by atoms with Crippen molar-refractivity contribution in [3.8, 4) is 17.6 Å². The van der Waals surface area contributed by atoms with Crippen molar-refractivity contribution in [2.75, 3.05) is 38.3 Å². The fourth-order valence-electron chi connectivity index (χ4n) is 8.46. The summed E-state index contributed by atoms with van der Waals surface area (Å²) in [6, 6.07) is 25.3. The third-order valence-corrected chi connectivity index (χ3v) is 10.7. The first-order valence-electron chi connectivity index (χ1n) is 18.6. The van der Waals surface area contributed by atoms with Crippen LogP contribution in [0.2, 0.25) is 0 Å². The second-order valence-corrected chi connectivity index (χ2v) is 13.9. The van der Waals surface area contributed by atoms with Gasteiger partial charge in [0.15, 0.2) is 0 Å². The molecule has 2 fully saturated rings. The summed E-state index contributed by atoms with van der Waals surface area (Å²) in [6.07, 6.45) is -0.460. The van der Waals surface area contributed by atoms with Gasteiger partial charge in [-0.05, 0) is 52.6 Å². The molecule has 0 unspecified atom stereocenters. The zero-order chi connectivity index (χ0) is 41.0. The molecule has 0 saturated carbocycles. The number of esters is 1. The minimum atomic E-state index is -2.04. The highest BCUT2D eigenvalue weighted by atomic mass is 16.6. The van der Waals surface area contributed by atoms with Gasteiger partial charge in [-0.1, -0.05) is 90.7 Å². The molecule has 2 saturated heterocycles. The number of cyclic esters (lactones) is 1. The number of fused-ring (bicyclic) bond motifs is 3. The molecule has 7 rings (SSSR count). The number of nitrogens with zero attached hydrogens (tertiary/aromatic N) is 2. The number of aromatic hydroxyl groups is 1. The Balaban J connectivity index is 1.56. The summed E-state index contributed by atoms with van der Waals surface area (Å²) in [4.78, 5) is 74.0. The Morgan fingerprint density at radius 1 is 0.914 bits per heavy atom. The van der Waals surface area contributed by atoms with Gasteiger partial charge in [-0.25, -0.2) is 14.5 Å². The highest BCUT2D eigenvalue weighted by molar-refractivity contribution is 6.23. The quantitative estimate of drug-likeness (QED) is 0.0787. The Labute approximate surface area is 334 Å².